The quantitative estimate of drug-likeness (QED) is 0.385. The Balaban J connectivity index is 1.71. The van der Waals surface area contributed by atoms with Crippen molar-refractivity contribution in [3.05, 3.63) is 65.4 Å². The van der Waals surface area contributed by atoms with Crippen molar-refractivity contribution in [3.8, 4) is 11.3 Å². The molecular formula is C26H28F3N7O2. The number of nitrogen functional groups attached to an aromatic ring is 1. The van der Waals surface area contributed by atoms with Gasteiger partial charge in [0, 0.05) is 37.4 Å². The van der Waals surface area contributed by atoms with Gasteiger partial charge >= 0.3 is 0 Å². The Kier molecular flexibility index (Phi) is 7.81. The Bertz CT molecular complexity index is 1380. The van der Waals surface area contributed by atoms with Gasteiger partial charge in [0.1, 0.15) is 17.3 Å². The number of halogens is 3. The van der Waals surface area contributed by atoms with Crippen molar-refractivity contribution < 1.29 is 22.8 Å². The first-order chi connectivity index (χ1) is 18.1. The average Bonchev–Trinajstić information content (AvgIpc) is 2.85. The summed E-state index contributed by atoms with van der Waals surface area (Å²) in [5.74, 6) is -5.30. The van der Waals surface area contributed by atoms with Crippen LogP contribution in [0.25, 0.3) is 11.3 Å². The number of pyridine rings is 2. The molecule has 1 atom stereocenters. The second-order valence-electron chi connectivity index (χ2n) is 9.36. The van der Waals surface area contributed by atoms with Crippen LogP contribution >= 0.6 is 0 Å². The molecule has 2 aromatic heterocycles. The van der Waals surface area contributed by atoms with Crippen molar-refractivity contribution >= 4 is 28.9 Å². The van der Waals surface area contributed by atoms with Gasteiger partial charge < -0.3 is 27.0 Å². The molecule has 6 N–H and O–H groups in total. The Hall–Kier alpha value is -4.19. The van der Waals surface area contributed by atoms with Gasteiger partial charge in [-0.15, -0.1) is 0 Å². The van der Waals surface area contributed by atoms with Gasteiger partial charge in [0.15, 0.2) is 11.5 Å². The van der Waals surface area contributed by atoms with Crippen molar-refractivity contribution in [2.45, 2.75) is 38.8 Å². The number of hydrogen-bond donors (Lipinski definition) is 4. The fourth-order valence-corrected chi connectivity index (χ4v) is 4.31. The van der Waals surface area contributed by atoms with Gasteiger partial charge in [0.2, 0.25) is 0 Å². The molecule has 1 saturated heterocycles. The van der Waals surface area contributed by atoms with Crippen LogP contribution in [0.5, 0.6) is 0 Å². The molecule has 12 heteroatoms. The van der Waals surface area contributed by atoms with E-state index in [1.165, 1.54) is 6.20 Å². The molecule has 0 bridgehead atoms. The lowest BCUT2D eigenvalue weighted by atomic mass is 10.0. The van der Waals surface area contributed by atoms with E-state index in [2.05, 4.69) is 20.6 Å². The van der Waals surface area contributed by atoms with Crippen LogP contribution in [0.4, 0.5) is 30.2 Å². The molecule has 3 aromatic rings. The molecule has 0 aliphatic carbocycles. The Labute approximate surface area is 217 Å². The number of nitrogens with one attached hydrogen (secondary N) is 2. The molecule has 1 aliphatic heterocycles. The number of amides is 2. The van der Waals surface area contributed by atoms with Crippen LogP contribution in [0.1, 0.15) is 47.5 Å². The molecule has 1 aromatic carbocycles. The van der Waals surface area contributed by atoms with Crippen molar-refractivity contribution in [1.82, 2.24) is 15.3 Å². The number of anilines is 3. The molecule has 0 spiro atoms. The van der Waals surface area contributed by atoms with Gasteiger partial charge in [-0.25, -0.2) is 18.2 Å². The smallest absolute Gasteiger partial charge is 0.276 e. The van der Waals surface area contributed by atoms with Crippen LogP contribution in [0.3, 0.4) is 0 Å². The van der Waals surface area contributed by atoms with Gasteiger partial charge in [0.05, 0.1) is 34.4 Å². The zero-order valence-corrected chi connectivity index (χ0v) is 20.9. The van der Waals surface area contributed by atoms with Crippen LogP contribution in [-0.2, 0) is 0 Å². The molecule has 2 amide bonds. The molecule has 0 unspecified atom stereocenters. The van der Waals surface area contributed by atoms with Crippen molar-refractivity contribution in [1.29, 1.82) is 0 Å². The number of nitrogens with zero attached hydrogens (tertiary/aromatic N) is 3. The van der Waals surface area contributed by atoms with Crippen molar-refractivity contribution in [2.24, 2.45) is 5.73 Å². The number of hydrogen-bond acceptors (Lipinski definition) is 7. The van der Waals surface area contributed by atoms with E-state index in [9.17, 15) is 18.4 Å². The molecule has 9 nitrogen and oxygen atoms in total. The third-order valence-corrected chi connectivity index (χ3v) is 6.06. The maximum absolute atomic E-state index is 15.3. The van der Waals surface area contributed by atoms with Gasteiger partial charge in [-0.3, -0.25) is 14.6 Å². The molecule has 1 fully saturated rings. The lowest BCUT2D eigenvalue weighted by molar-refractivity contribution is 0.0938. The fraction of sp³-hybridized carbons (Fsp3) is 0.308. The summed E-state index contributed by atoms with van der Waals surface area (Å²) in [6.45, 7) is 4.63. The van der Waals surface area contributed by atoms with E-state index in [1.54, 1.807) is 26.1 Å². The number of aromatic nitrogens is 2. The van der Waals surface area contributed by atoms with Crippen LogP contribution in [0.15, 0.2) is 36.7 Å². The standard InChI is InChI=1S/C26H28F3N7O2/c1-13(2)33-25(37)15-5-6-16(27)21(22(15)29)23-17(28)10-18(31)24(35-23)26(38)34-19-11-32-8-7-20(19)36-9-3-4-14(30)12-36/h5-8,10-11,13-14H,3-4,9,12,30-31H2,1-2H3,(H,33,37)(H,34,38)/t14-/m0/s1. The minimum atomic E-state index is -1.32. The highest BCUT2D eigenvalue weighted by molar-refractivity contribution is 6.08. The van der Waals surface area contributed by atoms with Gasteiger partial charge in [0.25, 0.3) is 11.8 Å². The van der Waals surface area contributed by atoms with E-state index < -0.39 is 51.8 Å². The number of piperidine rings is 1. The van der Waals surface area contributed by atoms with Crippen LogP contribution in [-0.4, -0.2) is 47.0 Å². The number of carbonyl (C=O) groups excluding carboxylic acids is 2. The fourth-order valence-electron chi connectivity index (χ4n) is 4.31. The third-order valence-electron chi connectivity index (χ3n) is 6.06. The summed E-state index contributed by atoms with van der Waals surface area (Å²) in [5.41, 5.74) is 9.99. The summed E-state index contributed by atoms with van der Waals surface area (Å²) in [4.78, 5) is 35.5. The Morgan fingerprint density at radius 1 is 1.13 bits per heavy atom. The van der Waals surface area contributed by atoms with E-state index >= 15 is 4.39 Å². The topological polar surface area (TPSA) is 139 Å². The number of rotatable bonds is 6. The van der Waals surface area contributed by atoms with Crippen LogP contribution in [0.2, 0.25) is 0 Å². The summed E-state index contributed by atoms with van der Waals surface area (Å²) in [6.07, 6.45) is 4.76. The summed E-state index contributed by atoms with van der Waals surface area (Å²) in [5, 5.41) is 5.15. The van der Waals surface area contributed by atoms with Gasteiger partial charge in [-0.05, 0) is 44.9 Å². The van der Waals surface area contributed by atoms with E-state index in [1.807, 2.05) is 4.90 Å². The van der Waals surface area contributed by atoms with Crippen LogP contribution < -0.4 is 27.0 Å². The molecule has 4 rings (SSSR count). The van der Waals surface area contributed by atoms with Crippen molar-refractivity contribution in [2.75, 3.05) is 29.0 Å². The van der Waals surface area contributed by atoms with Crippen molar-refractivity contribution in [3.63, 3.8) is 0 Å². The summed E-state index contributed by atoms with van der Waals surface area (Å²) < 4.78 is 45.0. The van der Waals surface area contributed by atoms with Crippen LogP contribution in [0, 0.1) is 17.5 Å². The first-order valence-electron chi connectivity index (χ1n) is 12.1. The first-order valence-corrected chi connectivity index (χ1v) is 12.1. The number of nitrogens with two attached hydrogens (primary N) is 2. The Morgan fingerprint density at radius 3 is 2.61 bits per heavy atom. The predicted octanol–water partition coefficient (Wildman–Crippen LogP) is 3.46. The highest BCUT2D eigenvalue weighted by atomic mass is 19.1. The monoisotopic (exact) mass is 527 g/mol. The maximum Gasteiger partial charge on any atom is 0.276 e. The first kappa shape index (κ1) is 26.9. The maximum atomic E-state index is 15.3. The Morgan fingerprint density at radius 2 is 1.89 bits per heavy atom. The molecule has 0 radical (unpaired) electrons. The highest BCUT2D eigenvalue weighted by Gasteiger charge is 2.27. The lowest BCUT2D eigenvalue weighted by Crippen LogP contribution is -2.43. The molecule has 38 heavy (non-hydrogen) atoms. The van der Waals surface area contributed by atoms with Gasteiger partial charge in [-0.1, -0.05) is 0 Å². The third kappa shape index (κ3) is 5.54. The summed E-state index contributed by atoms with van der Waals surface area (Å²) >= 11 is 0. The van der Waals surface area contributed by atoms with E-state index in [-0.39, 0.29) is 17.8 Å². The minimum absolute atomic E-state index is 0.0272. The molecular weight excluding hydrogens is 499 g/mol. The number of benzene rings is 1. The minimum Gasteiger partial charge on any atom is -0.397 e. The second-order valence-corrected chi connectivity index (χ2v) is 9.36. The second kappa shape index (κ2) is 11.1. The van der Waals surface area contributed by atoms with E-state index in [0.717, 1.165) is 37.6 Å². The zero-order valence-electron chi connectivity index (χ0n) is 20.9. The molecule has 200 valence electrons. The lowest BCUT2D eigenvalue weighted by Gasteiger charge is -2.33. The molecule has 3 heterocycles. The zero-order chi connectivity index (χ0) is 27.6. The largest absolute Gasteiger partial charge is 0.397 e. The predicted molar refractivity (Wildman–Crippen MR) is 138 cm³/mol. The normalized spacial score (nSPS) is 15.4. The highest BCUT2D eigenvalue weighted by Crippen LogP contribution is 2.32. The summed E-state index contributed by atoms with van der Waals surface area (Å²) in [7, 11) is 0. The molecule has 0 saturated carbocycles. The average molecular weight is 528 g/mol. The number of carbonyl (C=O) groups is 2. The van der Waals surface area contributed by atoms with E-state index in [0.29, 0.717) is 17.9 Å². The SMILES string of the molecule is CC(C)NC(=O)c1ccc(F)c(-c2nc(C(=O)Nc3cnccc3N3CCC[C@H](N)C3)c(N)cc2F)c1F. The summed E-state index contributed by atoms with van der Waals surface area (Å²) in [6, 6.07) is 3.90. The molecule has 1 aliphatic rings. The van der Waals surface area contributed by atoms with E-state index in [4.69, 9.17) is 11.5 Å². The van der Waals surface area contributed by atoms with Gasteiger partial charge in [-0.2, -0.15) is 0 Å².